The number of alkyl halides is 2. The van der Waals surface area contributed by atoms with E-state index < -0.39 is 6.10 Å². The third kappa shape index (κ3) is 8.29. The fourth-order valence-electron chi connectivity index (χ4n) is 6.61. The van der Waals surface area contributed by atoms with Gasteiger partial charge in [0.15, 0.2) is 0 Å². The molecule has 1 unspecified atom stereocenters. The molecule has 13 heteroatoms. The standard InChI is InChI=1S/C12H15ClN2O2.C12H18N2O2.C11H15ClN2O/c1-8-10(4-5-13)12(17)15-6-2-3-9(7-16)11(15)14-8;1-3-5-9-8(2)13-11-10(15)6-4-7-14(11)12(9)16;1-8-9(5-6-12)11(15)14-7-3-2-4-10(14)13-8/h7,16H,2-6H2,1H3;10,15H,3-7H2,1-2H3;2-7H2,1H3. The molecule has 2 N–H and O–H groups in total. The summed E-state index contributed by atoms with van der Waals surface area (Å²) < 4.78 is 5.10. The third-order valence-electron chi connectivity index (χ3n) is 9.17. The maximum absolute atomic E-state index is 12.2. The molecule has 0 spiro atoms. The monoisotopic (exact) mass is 702 g/mol. The molecule has 3 aromatic rings. The van der Waals surface area contributed by atoms with E-state index in [4.69, 9.17) is 28.3 Å². The zero-order chi connectivity index (χ0) is 35.0. The Morgan fingerprint density at radius 3 is 1.94 bits per heavy atom. The minimum absolute atomic E-state index is 0.0211. The molecule has 1 atom stereocenters. The summed E-state index contributed by atoms with van der Waals surface area (Å²) in [5.41, 5.74) is 5.50. The van der Waals surface area contributed by atoms with E-state index in [0.29, 0.717) is 67.0 Å². The fourth-order valence-corrected chi connectivity index (χ4v) is 6.99. The van der Waals surface area contributed by atoms with Crippen LogP contribution in [0.5, 0.6) is 0 Å². The molecule has 0 bridgehead atoms. The van der Waals surface area contributed by atoms with Crippen molar-refractivity contribution in [3.05, 3.63) is 88.6 Å². The number of rotatable bonds is 6. The highest BCUT2D eigenvalue weighted by Crippen LogP contribution is 2.24. The Morgan fingerprint density at radius 2 is 1.29 bits per heavy atom. The summed E-state index contributed by atoms with van der Waals surface area (Å²) in [4.78, 5) is 49.8. The van der Waals surface area contributed by atoms with Crippen LogP contribution < -0.4 is 16.7 Å². The van der Waals surface area contributed by atoms with E-state index in [1.165, 1.54) is 0 Å². The van der Waals surface area contributed by atoms with Gasteiger partial charge in [0.2, 0.25) is 0 Å². The molecule has 0 fully saturated rings. The zero-order valence-corrected chi connectivity index (χ0v) is 30.0. The van der Waals surface area contributed by atoms with Crippen molar-refractivity contribution in [2.45, 2.75) is 124 Å². The smallest absolute Gasteiger partial charge is 0.257 e. The van der Waals surface area contributed by atoms with Crippen LogP contribution in [0.1, 0.15) is 109 Å². The van der Waals surface area contributed by atoms with Gasteiger partial charge in [-0.1, -0.05) is 13.3 Å². The summed E-state index contributed by atoms with van der Waals surface area (Å²) in [6, 6.07) is 0. The van der Waals surface area contributed by atoms with Crippen molar-refractivity contribution in [3.8, 4) is 0 Å². The normalized spacial score (nSPS) is 17.3. The van der Waals surface area contributed by atoms with Gasteiger partial charge in [-0.05, 0) is 78.6 Å². The quantitative estimate of drug-likeness (QED) is 0.269. The predicted octanol–water partition coefficient (Wildman–Crippen LogP) is 5.03. The Balaban J connectivity index is 0.000000163. The molecule has 11 nitrogen and oxygen atoms in total. The van der Waals surface area contributed by atoms with Crippen molar-refractivity contribution in [1.82, 2.24) is 28.7 Å². The van der Waals surface area contributed by atoms with E-state index in [1.54, 1.807) is 9.13 Å². The highest BCUT2D eigenvalue weighted by Gasteiger charge is 2.23. The molecule has 0 aliphatic carbocycles. The first kappa shape index (κ1) is 37.5. The summed E-state index contributed by atoms with van der Waals surface area (Å²) in [6.45, 7) is 9.79. The van der Waals surface area contributed by atoms with E-state index in [9.17, 15) is 19.5 Å². The van der Waals surface area contributed by atoms with Crippen LogP contribution in [-0.2, 0) is 45.3 Å². The summed E-state index contributed by atoms with van der Waals surface area (Å²) in [5.74, 6) is 2.99. The van der Waals surface area contributed by atoms with Gasteiger partial charge in [0.05, 0.1) is 6.26 Å². The Kier molecular flexibility index (Phi) is 13.6. The Bertz CT molecular complexity index is 1810. The average molecular weight is 704 g/mol. The maximum Gasteiger partial charge on any atom is 0.257 e. The van der Waals surface area contributed by atoms with Crippen LogP contribution in [0.2, 0.25) is 0 Å². The lowest BCUT2D eigenvalue weighted by Gasteiger charge is -2.23. The van der Waals surface area contributed by atoms with Gasteiger partial charge >= 0.3 is 0 Å². The van der Waals surface area contributed by atoms with Crippen molar-refractivity contribution in [3.63, 3.8) is 0 Å². The van der Waals surface area contributed by atoms with Crippen molar-refractivity contribution in [2.24, 2.45) is 0 Å². The number of aromatic nitrogens is 6. The second kappa shape index (κ2) is 17.4. The molecule has 3 aliphatic rings. The molecule has 3 aromatic heterocycles. The lowest BCUT2D eigenvalue weighted by molar-refractivity contribution is 0.130. The summed E-state index contributed by atoms with van der Waals surface area (Å²) in [5, 5.41) is 19.0. The lowest BCUT2D eigenvalue weighted by atomic mass is 10.1. The zero-order valence-electron chi connectivity index (χ0n) is 28.5. The van der Waals surface area contributed by atoms with Crippen LogP contribution in [0.3, 0.4) is 0 Å². The molecule has 262 valence electrons. The van der Waals surface area contributed by atoms with E-state index in [1.807, 2.05) is 25.3 Å². The highest BCUT2D eigenvalue weighted by molar-refractivity contribution is 6.18. The molecule has 6 rings (SSSR count). The van der Waals surface area contributed by atoms with Crippen LogP contribution in [0.15, 0.2) is 20.6 Å². The molecular weight excluding hydrogens is 655 g/mol. The molecule has 6 heterocycles. The first-order valence-electron chi connectivity index (χ1n) is 17.0. The Morgan fingerprint density at radius 1 is 0.729 bits per heavy atom. The molecule has 0 radical (unpaired) electrons. The van der Waals surface area contributed by atoms with Gasteiger partial charge in [-0.2, -0.15) is 0 Å². The minimum Gasteiger partial charge on any atom is -0.515 e. The molecule has 0 saturated heterocycles. The SMILES string of the molecule is CCCc1c(C)nc2n(c1=O)CCCC2O.Cc1nc2n(c(=O)c1CCCl)CCCC2.Cc1nc2n(c(=O)c1CCCl)CCCC2=CO. The number of nitrogens with zero attached hydrogens (tertiary/aromatic N) is 6. The second-order valence-electron chi connectivity index (χ2n) is 12.5. The predicted molar refractivity (Wildman–Crippen MR) is 190 cm³/mol. The number of aliphatic hydroxyl groups is 2. The van der Waals surface area contributed by atoms with Crippen LogP contribution in [0.4, 0.5) is 0 Å². The van der Waals surface area contributed by atoms with E-state index in [0.717, 1.165) is 98.1 Å². The summed E-state index contributed by atoms with van der Waals surface area (Å²) in [6.07, 6.45) is 9.68. The molecule has 48 heavy (non-hydrogen) atoms. The van der Waals surface area contributed by atoms with Crippen molar-refractivity contribution in [1.29, 1.82) is 0 Å². The van der Waals surface area contributed by atoms with E-state index in [2.05, 4.69) is 21.9 Å². The molecular formula is C35H48Cl2N6O5. The highest BCUT2D eigenvalue weighted by atomic mass is 35.5. The number of hydrogen-bond acceptors (Lipinski definition) is 8. The van der Waals surface area contributed by atoms with Crippen LogP contribution >= 0.6 is 23.2 Å². The fraction of sp³-hybridized carbons (Fsp3) is 0.600. The number of hydrogen-bond donors (Lipinski definition) is 2. The van der Waals surface area contributed by atoms with Gasteiger partial charge in [-0.25, -0.2) is 15.0 Å². The van der Waals surface area contributed by atoms with Gasteiger partial charge in [-0.3, -0.25) is 28.1 Å². The Hall–Kier alpha value is -3.28. The lowest BCUT2D eigenvalue weighted by Crippen LogP contribution is -2.33. The minimum atomic E-state index is -0.573. The van der Waals surface area contributed by atoms with E-state index >= 15 is 0 Å². The van der Waals surface area contributed by atoms with Gasteiger partial charge < -0.3 is 10.2 Å². The topological polar surface area (TPSA) is 145 Å². The maximum atomic E-state index is 12.2. The molecule has 0 saturated carbocycles. The van der Waals surface area contributed by atoms with Crippen LogP contribution in [-0.4, -0.2) is 50.6 Å². The molecule has 0 aromatic carbocycles. The number of halogens is 2. The number of fused-ring (bicyclic) bond motifs is 3. The first-order chi connectivity index (χ1) is 23.1. The van der Waals surface area contributed by atoms with Crippen LogP contribution in [0, 0.1) is 20.8 Å². The van der Waals surface area contributed by atoms with Crippen molar-refractivity contribution in [2.75, 3.05) is 11.8 Å². The van der Waals surface area contributed by atoms with Gasteiger partial charge in [-0.15, -0.1) is 23.2 Å². The van der Waals surface area contributed by atoms with E-state index in [-0.39, 0.29) is 16.7 Å². The van der Waals surface area contributed by atoms with Gasteiger partial charge in [0.1, 0.15) is 23.6 Å². The van der Waals surface area contributed by atoms with Crippen LogP contribution in [0.25, 0.3) is 5.57 Å². The first-order valence-corrected chi connectivity index (χ1v) is 18.1. The number of aryl methyl sites for hydroxylation is 4. The number of aliphatic hydroxyl groups excluding tert-OH is 2. The molecule has 0 amide bonds. The van der Waals surface area contributed by atoms with Gasteiger partial charge in [0.25, 0.3) is 16.7 Å². The second-order valence-corrected chi connectivity index (χ2v) is 13.3. The summed E-state index contributed by atoms with van der Waals surface area (Å²) in [7, 11) is 0. The van der Waals surface area contributed by atoms with Crippen molar-refractivity contribution >= 4 is 28.8 Å². The number of allylic oxidation sites excluding steroid dienone is 1. The third-order valence-corrected chi connectivity index (χ3v) is 9.54. The van der Waals surface area contributed by atoms with Gasteiger partial charge in [0, 0.05) is 77.2 Å². The molecule has 3 aliphatic heterocycles. The largest absolute Gasteiger partial charge is 0.515 e. The summed E-state index contributed by atoms with van der Waals surface area (Å²) >= 11 is 11.4. The average Bonchev–Trinajstić information content (AvgIpc) is 3.08. The Labute approximate surface area is 291 Å². The van der Waals surface area contributed by atoms with Crippen molar-refractivity contribution < 1.29 is 10.2 Å².